The molecule has 0 saturated heterocycles. The first-order valence-electron chi connectivity index (χ1n) is 8.77. The summed E-state index contributed by atoms with van der Waals surface area (Å²) in [6.07, 6.45) is 3.68. The van der Waals surface area contributed by atoms with E-state index < -0.39 is 5.91 Å². The van der Waals surface area contributed by atoms with Crippen LogP contribution in [0.5, 0.6) is 5.75 Å². The number of nitrogens with zero attached hydrogens (tertiary/aromatic N) is 1. The highest BCUT2D eigenvalue weighted by Crippen LogP contribution is 2.21. The molecule has 4 heteroatoms. The first-order chi connectivity index (χ1) is 12.5. The third-order valence-electron chi connectivity index (χ3n) is 4.04. The maximum absolute atomic E-state index is 12.5. The molecule has 0 aromatic heterocycles. The number of hydrogen-bond acceptors (Lipinski definition) is 3. The van der Waals surface area contributed by atoms with E-state index in [1.807, 2.05) is 62.4 Å². The SMILES string of the molecule is CCCCOc1ccc(/C=C(\C#N)C(=O)Nc2c(C)cccc2C)cc1. The number of carbonyl (C=O) groups is 1. The second kappa shape index (κ2) is 9.43. The van der Waals surface area contributed by atoms with E-state index in [2.05, 4.69) is 12.2 Å². The van der Waals surface area contributed by atoms with Crippen molar-refractivity contribution in [3.63, 3.8) is 0 Å². The van der Waals surface area contributed by atoms with Crippen molar-refractivity contribution >= 4 is 17.7 Å². The number of rotatable bonds is 7. The topological polar surface area (TPSA) is 62.1 Å². The Morgan fingerprint density at radius 3 is 2.38 bits per heavy atom. The van der Waals surface area contributed by atoms with Gasteiger partial charge in [-0.15, -0.1) is 0 Å². The summed E-state index contributed by atoms with van der Waals surface area (Å²) >= 11 is 0. The molecule has 4 nitrogen and oxygen atoms in total. The molecule has 134 valence electrons. The van der Waals surface area contributed by atoms with Crippen molar-refractivity contribution in [2.45, 2.75) is 33.6 Å². The van der Waals surface area contributed by atoms with E-state index in [9.17, 15) is 10.1 Å². The lowest BCUT2D eigenvalue weighted by molar-refractivity contribution is -0.112. The summed E-state index contributed by atoms with van der Waals surface area (Å²) in [4.78, 5) is 12.5. The zero-order valence-corrected chi connectivity index (χ0v) is 15.5. The molecule has 0 aliphatic carbocycles. The van der Waals surface area contributed by atoms with Crippen LogP contribution in [0.2, 0.25) is 0 Å². The predicted molar refractivity (Wildman–Crippen MR) is 105 cm³/mol. The Kier molecular flexibility index (Phi) is 6.99. The van der Waals surface area contributed by atoms with Crippen molar-refractivity contribution in [2.24, 2.45) is 0 Å². The molecule has 0 fully saturated rings. The van der Waals surface area contributed by atoms with Crippen molar-refractivity contribution in [1.82, 2.24) is 0 Å². The van der Waals surface area contributed by atoms with Gasteiger partial charge in [0, 0.05) is 5.69 Å². The molecule has 0 bridgehead atoms. The van der Waals surface area contributed by atoms with Gasteiger partial charge in [-0.25, -0.2) is 0 Å². The van der Waals surface area contributed by atoms with Gasteiger partial charge in [0.25, 0.3) is 5.91 Å². The van der Waals surface area contributed by atoms with Gasteiger partial charge in [0.2, 0.25) is 0 Å². The Hall–Kier alpha value is -3.06. The zero-order valence-electron chi connectivity index (χ0n) is 15.5. The minimum absolute atomic E-state index is 0.0623. The number of anilines is 1. The summed E-state index contributed by atoms with van der Waals surface area (Å²) < 4.78 is 5.62. The van der Waals surface area contributed by atoms with Gasteiger partial charge in [-0.1, -0.05) is 43.7 Å². The van der Waals surface area contributed by atoms with Gasteiger partial charge in [0.1, 0.15) is 17.4 Å². The third-order valence-corrected chi connectivity index (χ3v) is 4.04. The highest BCUT2D eigenvalue weighted by molar-refractivity contribution is 6.10. The molecule has 0 spiro atoms. The van der Waals surface area contributed by atoms with Crippen LogP contribution >= 0.6 is 0 Å². The fraction of sp³-hybridized carbons (Fsp3) is 0.273. The van der Waals surface area contributed by atoms with Crippen LogP contribution in [-0.2, 0) is 4.79 Å². The second-order valence-corrected chi connectivity index (χ2v) is 6.16. The van der Waals surface area contributed by atoms with Crippen molar-refractivity contribution in [1.29, 1.82) is 5.26 Å². The van der Waals surface area contributed by atoms with Gasteiger partial charge in [0.15, 0.2) is 0 Å². The molecule has 0 heterocycles. The number of para-hydroxylation sites is 1. The second-order valence-electron chi connectivity index (χ2n) is 6.16. The van der Waals surface area contributed by atoms with Gasteiger partial charge in [0.05, 0.1) is 6.61 Å². The average molecular weight is 348 g/mol. The number of benzene rings is 2. The smallest absolute Gasteiger partial charge is 0.266 e. The molecule has 0 aliphatic rings. The van der Waals surface area contributed by atoms with E-state index >= 15 is 0 Å². The number of amides is 1. The number of nitrogens with one attached hydrogen (secondary N) is 1. The minimum atomic E-state index is -0.409. The number of aryl methyl sites for hydroxylation is 2. The van der Waals surface area contributed by atoms with Crippen molar-refractivity contribution in [3.05, 3.63) is 64.7 Å². The molecule has 2 aromatic carbocycles. The van der Waals surface area contributed by atoms with E-state index in [1.54, 1.807) is 6.08 Å². The van der Waals surface area contributed by atoms with Crippen molar-refractivity contribution in [3.8, 4) is 11.8 Å². The number of nitriles is 1. The monoisotopic (exact) mass is 348 g/mol. The summed E-state index contributed by atoms with van der Waals surface area (Å²) in [5.74, 6) is 0.377. The van der Waals surface area contributed by atoms with Crippen LogP contribution in [0, 0.1) is 25.2 Å². The lowest BCUT2D eigenvalue weighted by Crippen LogP contribution is -2.15. The molecule has 1 N–H and O–H groups in total. The van der Waals surface area contributed by atoms with E-state index in [1.165, 1.54) is 0 Å². The van der Waals surface area contributed by atoms with E-state index in [-0.39, 0.29) is 5.57 Å². The van der Waals surface area contributed by atoms with Gasteiger partial charge >= 0.3 is 0 Å². The van der Waals surface area contributed by atoms with Crippen LogP contribution in [0.25, 0.3) is 6.08 Å². The lowest BCUT2D eigenvalue weighted by Gasteiger charge is -2.11. The van der Waals surface area contributed by atoms with Crippen LogP contribution in [0.1, 0.15) is 36.5 Å². The van der Waals surface area contributed by atoms with Crippen molar-refractivity contribution in [2.75, 3.05) is 11.9 Å². The van der Waals surface area contributed by atoms with Crippen LogP contribution in [0.15, 0.2) is 48.0 Å². The first-order valence-corrected chi connectivity index (χ1v) is 8.77. The molecule has 0 unspecified atom stereocenters. The fourth-order valence-electron chi connectivity index (χ4n) is 2.50. The average Bonchev–Trinajstić information content (AvgIpc) is 2.64. The molecule has 26 heavy (non-hydrogen) atoms. The van der Waals surface area contributed by atoms with E-state index in [0.717, 1.165) is 41.0 Å². The molecule has 1 amide bonds. The minimum Gasteiger partial charge on any atom is -0.494 e. The van der Waals surface area contributed by atoms with Gasteiger partial charge in [-0.2, -0.15) is 5.26 Å². The van der Waals surface area contributed by atoms with Crippen LogP contribution < -0.4 is 10.1 Å². The highest BCUT2D eigenvalue weighted by atomic mass is 16.5. The van der Waals surface area contributed by atoms with Gasteiger partial charge in [-0.3, -0.25) is 4.79 Å². The van der Waals surface area contributed by atoms with Crippen molar-refractivity contribution < 1.29 is 9.53 Å². The number of hydrogen-bond donors (Lipinski definition) is 1. The van der Waals surface area contributed by atoms with Gasteiger partial charge in [-0.05, 0) is 55.2 Å². The Morgan fingerprint density at radius 2 is 1.81 bits per heavy atom. The molecule has 0 atom stereocenters. The maximum atomic E-state index is 12.5. The number of unbranched alkanes of at least 4 members (excludes halogenated alkanes) is 1. The van der Waals surface area contributed by atoms with Crippen LogP contribution in [-0.4, -0.2) is 12.5 Å². The summed E-state index contributed by atoms with van der Waals surface area (Å²) in [7, 11) is 0. The Bertz CT molecular complexity index is 810. The standard InChI is InChI=1S/C22H24N2O2/c1-4-5-13-26-20-11-9-18(10-12-20)14-19(15-23)22(25)24-21-16(2)7-6-8-17(21)3/h6-12,14H,4-5,13H2,1-3H3,(H,24,25)/b19-14+. The molecule has 0 aliphatic heterocycles. The molecule has 0 radical (unpaired) electrons. The highest BCUT2D eigenvalue weighted by Gasteiger charge is 2.12. The van der Waals surface area contributed by atoms with Crippen LogP contribution in [0.4, 0.5) is 5.69 Å². The largest absolute Gasteiger partial charge is 0.494 e. The maximum Gasteiger partial charge on any atom is 0.266 e. The summed E-state index contributed by atoms with van der Waals surface area (Å²) in [5.41, 5.74) is 3.51. The van der Waals surface area contributed by atoms with Crippen LogP contribution in [0.3, 0.4) is 0 Å². The van der Waals surface area contributed by atoms with E-state index in [0.29, 0.717) is 6.61 Å². The molecular formula is C22H24N2O2. The molecule has 2 aromatic rings. The predicted octanol–water partition coefficient (Wildman–Crippen LogP) is 5.03. The number of carbonyl (C=O) groups excluding carboxylic acids is 1. The molecule has 0 saturated carbocycles. The first kappa shape index (κ1) is 19.3. The van der Waals surface area contributed by atoms with E-state index in [4.69, 9.17) is 4.74 Å². The molecular weight excluding hydrogens is 324 g/mol. The number of ether oxygens (including phenoxy) is 1. The fourth-order valence-corrected chi connectivity index (χ4v) is 2.50. The summed E-state index contributed by atoms with van der Waals surface area (Å²) in [6.45, 7) is 6.66. The Labute approximate surface area is 155 Å². The quantitative estimate of drug-likeness (QED) is 0.434. The Morgan fingerprint density at radius 1 is 1.15 bits per heavy atom. The normalized spacial score (nSPS) is 10.9. The summed E-state index contributed by atoms with van der Waals surface area (Å²) in [5, 5.41) is 12.2. The zero-order chi connectivity index (χ0) is 18.9. The Balaban J connectivity index is 2.12. The summed E-state index contributed by atoms with van der Waals surface area (Å²) in [6, 6.07) is 15.1. The third kappa shape index (κ3) is 5.22. The lowest BCUT2D eigenvalue weighted by atomic mass is 10.1. The molecule has 2 rings (SSSR count). The van der Waals surface area contributed by atoms with Gasteiger partial charge < -0.3 is 10.1 Å².